The first-order valence-electron chi connectivity index (χ1n) is 11.3. The molecule has 0 aliphatic carbocycles. The van der Waals surface area contributed by atoms with Crippen LogP contribution in [0.4, 0.5) is 0 Å². The zero-order valence-electron chi connectivity index (χ0n) is 18.9. The molecule has 3 aromatic rings. The van der Waals surface area contributed by atoms with Crippen LogP contribution in [-0.2, 0) is 9.59 Å². The lowest BCUT2D eigenvalue weighted by Crippen LogP contribution is -2.55. The Morgan fingerprint density at radius 2 is 1.88 bits per heavy atom. The van der Waals surface area contributed by atoms with Gasteiger partial charge in [-0.2, -0.15) is 0 Å². The molecule has 5 rings (SSSR count). The molecule has 0 spiro atoms. The van der Waals surface area contributed by atoms with Crippen LogP contribution in [0.15, 0.2) is 47.6 Å². The second kappa shape index (κ2) is 9.84. The first-order chi connectivity index (χ1) is 16.6. The number of nitrogens with zero attached hydrogens (tertiary/aromatic N) is 3. The van der Waals surface area contributed by atoms with Crippen molar-refractivity contribution in [3.63, 3.8) is 0 Å². The zero-order valence-corrected chi connectivity index (χ0v) is 19.7. The van der Waals surface area contributed by atoms with E-state index in [9.17, 15) is 9.59 Å². The smallest absolute Gasteiger partial charge is 0.267 e. The van der Waals surface area contributed by atoms with E-state index >= 15 is 0 Å². The van der Waals surface area contributed by atoms with E-state index < -0.39 is 6.10 Å². The highest BCUT2D eigenvalue weighted by molar-refractivity contribution is 7.99. The molecule has 2 aromatic carbocycles. The number of aromatic nitrogens is 2. The third kappa shape index (κ3) is 4.77. The van der Waals surface area contributed by atoms with E-state index in [-0.39, 0.29) is 24.2 Å². The summed E-state index contributed by atoms with van der Waals surface area (Å²) < 4.78 is 17.0. The molecule has 2 aliphatic heterocycles. The Hall–Kier alpha value is -3.40. The number of fused-ring (bicyclic) bond motifs is 2. The molecule has 2 amide bonds. The van der Waals surface area contributed by atoms with Crippen molar-refractivity contribution < 1.29 is 23.8 Å². The number of piperazine rings is 1. The first kappa shape index (κ1) is 22.4. The molecule has 9 nitrogen and oxygen atoms in total. The van der Waals surface area contributed by atoms with Gasteiger partial charge in [0.25, 0.3) is 5.91 Å². The van der Waals surface area contributed by atoms with E-state index in [1.807, 2.05) is 43.3 Å². The van der Waals surface area contributed by atoms with Gasteiger partial charge in [0.1, 0.15) is 12.4 Å². The molecular formula is C24H26N4O5S. The van der Waals surface area contributed by atoms with Crippen molar-refractivity contribution in [1.82, 2.24) is 19.8 Å². The standard InChI is InChI=1S/C24H26N4O5S/c1-2-31-16-7-8-17-18(13-16)26-24(25-17)34-15-22(29)27-9-11-28(12-10-27)23(30)21-14-32-19-5-3-4-6-20(19)33-21/h3-8,13,21H,2,9-12,14-15H2,1H3,(H,25,26). The summed E-state index contributed by atoms with van der Waals surface area (Å²) in [5.74, 6) is 2.22. The number of thioether (sulfide) groups is 1. The van der Waals surface area contributed by atoms with Crippen LogP contribution in [0.1, 0.15) is 6.92 Å². The Morgan fingerprint density at radius 3 is 2.68 bits per heavy atom. The third-order valence-electron chi connectivity index (χ3n) is 5.80. The molecule has 2 aliphatic rings. The van der Waals surface area contributed by atoms with Crippen molar-refractivity contribution in [3.8, 4) is 17.2 Å². The molecule has 10 heteroatoms. The lowest BCUT2D eigenvalue weighted by atomic mass is 10.2. The Bertz CT molecular complexity index is 1190. The molecule has 1 aromatic heterocycles. The molecule has 1 N–H and O–H groups in total. The maximum Gasteiger partial charge on any atom is 0.267 e. The second-order valence-corrected chi connectivity index (χ2v) is 8.98. The topological polar surface area (TPSA) is 97.0 Å². The van der Waals surface area contributed by atoms with Crippen molar-refractivity contribution in [2.24, 2.45) is 0 Å². The van der Waals surface area contributed by atoms with Crippen LogP contribution in [0.5, 0.6) is 17.2 Å². The van der Waals surface area contributed by atoms with Gasteiger partial charge in [0.2, 0.25) is 12.0 Å². The molecule has 34 heavy (non-hydrogen) atoms. The van der Waals surface area contributed by atoms with Gasteiger partial charge in [-0.15, -0.1) is 0 Å². The number of carbonyl (C=O) groups excluding carboxylic acids is 2. The number of nitrogens with one attached hydrogen (secondary N) is 1. The molecule has 0 radical (unpaired) electrons. The largest absolute Gasteiger partial charge is 0.494 e. The summed E-state index contributed by atoms with van der Waals surface area (Å²) in [6.07, 6.45) is -0.663. The predicted octanol–water partition coefficient (Wildman–Crippen LogP) is 2.56. The highest BCUT2D eigenvalue weighted by Gasteiger charge is 2.33. The summed E-state index contributed by atoms with van der Waals surface area (Å²) in [6.45, 7) is 4.67. The van der Waals surface area contributed by atoms with Gasteiger partial charge in [0, 0.05) is 32.2 Å². The van der Waals surface area contributed by atoms with Gasteiger partial charge in [-0.3, -0.25) is 9.59 Å². The SMILES string of the molecule is CCOc1ccc2nc(SCC(=O)N3CCN(C(=O)C4COc5ccccc5O4)CC3)[nH]c2c1. The van der Waals surface area contributed by atoms with Crippen molar-refractivity contribution in [2.45, 2.75) is 18.2 Å². The average molecular weight is 483 g/mol. The second-order valence-electron chi connectivity index (χ2n) is 8.01. The number of ether oxygens (including phenoxy) is 3. The number of hydrogen-bond acceptors (Lipinski definition) is 7. The number of rotatable bonds is 6. The van der Waals surface area contributed by atoms with Crippen molar-refractivity contribution >= 4 is 34.6 Å². The molecule has 1 atom stereocenters. The number of para-hydroxylation sites is 2. The van der Waals surface area contributed by atoms with Crippen LogP contribution in [0, 0.1) is 0 Å². The first-order valence-corrected chi connectivity index (χ1v) is 12.3. The van der Waals surface area contributed by atoms with E-state index in [0.717, 1.165) is 16.8 Å². The molecule has 0 bridgehead atoms. The highest BCUT2D eigenvalue weighted by atomic mass is 32.2. The highest BCUT2D eigenvalue weighted by Crippen LogP contribution is 2.31. The van der Waals surface area contributed by atoms with Gasteiger partial charge in [0.15, 0.2) is 16.7 Å². The van der Waals surface area contributed by atoms with Gasteiger partial charge < -0.3 is 29.0 Å². The Morgan fingerprint density at radius 1 is 1.12 bits per heavy atom. The molecule has 0 saturated carbocycles. The minimum atomic E-state index is -0.663. The van der Waals surface area contributed by atoms with Gasteiger partial charge in [0.05, 0.1) is 23.4 Å². The number of imidazole rings is 1. The summed E-state index contributed by atoms with van der Waals surface area (Å²) in [6, 6.07) is 13.0. The molecule has 1 unspecified atom stereocenters. The van der Waals surface area contributed by atoms with Crippen LogP contribution < -0.4 is 14.2 Å². The molecule has 1 fully saturated rings. The van der Waals surface area contributed by atoms with Gasteiger partial charge in [-0.25, -0.2) is 4.98 Å². The summed E-state index contributed by atoms with van der Waals surface area (Å²) in [5, 5.41) is 0.695. The van der Waals surface area contributed by atoms with Gasteiger partial charge in [-0.1, -0.05) is 23.9 Å². The summed E-state index contributed by atoms with van der Waals surface area (Å²) in [4.78, 5) is 36.9. The van der Waals surface area contributed by atoms with E-state index in [4.69, 9.17) is 14.2 Å². The molecule has 1 saturated heterocycles. The maximum atomic E-state index is 12.9. The van der Waals surface area contributed by atoms with Crippen molar-refractivity contribution in [3.05, 3.63) is 42.5 Å². The van der Waals surface area contributed by atoms with Gasteiger partial charge in [-0.05, 0) is 31.2 Å². The molecule has 3 heterocycles. The van der Waals surface area contributed by atoms with Crippen molar-refractivity contribution in [1.29, 1.82) is 0 Å². The Labute approximate surface area is 201 Å². The van der Waals surface area contributed by atoms with Crippen LogP contribution >= 0.6 is 11.8 Å². The zero-order chi connectivity index (χ0) is 23.5. The number of H-pyrrole nitrogens is 1. The number of amides is 2. The monoisotopic (exact) mass is 482 g/mol. The summed E-state index contributed by atoms with van der Waals surface area (Å²) in [7, 11) is 0. The van der Waals surface area contributed by atoms with Crippen LogP contribution in [-0.4, -0.2) is 82.8 Å². The van der Waals surface area contributed by atoms with Crippen LogP contribution in [0.3, 0.4) is 0 Å². The normalized spacial score (nSPS) is 17.6. The van der Waals surface area contributed by atoms with E-state index in [1.165, 1.54) is 11.8 Å². The summed E-state index contributed by atoms with van der Waals surface area (Å²) >= 11 is 1.37. The quantitative estimate of drug-likeness (QED) is 0.540. The van der Waals surface area contributed by atoms with E-state index in [2.05, 4.69) is 9.97 Å². The molecular weight excluding hydrogens is 456 g/mol. The fourth-order valence-electron chi connectivity index (χ4n) is 4.03. The maximum absolute atomic E-state index is 12.9. The fourth-order valence-corrected chi connectivity index (χ4v) is 4.82. The predicted molar refractivity (Wildman–Crippen MR) is 127 cm³/mol. The number of hydrogen-bond donors (Lipinski definition) is 1. The number of benzene rings is 2. The average Bonchev–Trinajstić information content (AvgIpc) is 3.29. The van der Waals surface area contributed by atoms with Crippen LogP contribution in [0.2, 0.25) is 0 Å². The van der Waals surface area contributed by atoms with E-state index in [1.54, 1.807) is 15.9 Å². The number of carbonyl (C=O) groups is 2. The fraction of sp³-hybridized carbons (Fsp3) is 0.375. The lowest BCUT2D eigenvalue weighted by molar-refractivity contribution is -0.145. The Balaban J connectivity index is 1.11. The minimum Gasteiger partial charge on any atom is -0.494 e. The Kier molecular flexibility index (Phi) is 6.48. The van der Waals surface area contributed by atoms with Crippen molar-refractivity contribution in [2.75, 3.05) is 45.1 Å². The van der Waals surface area contributed by atoms with Crippen LogP contribution in [0.25, 0.3) is 11.0 Å². The third-order valence-corrected chi connectivity index (χ3v) is 6.66. The molecule has 178 valence electrons. The summed E-state index contributed by atoms with van der Waals surface area (Å²) in [5.41, 5.74) is 1.71. The lowest BCUT2D eigenvalue weighted by Gasteiger charge is -2.37. The minimum absolute atomic E-state index is 0.0266. The number of aromatic amines is 1. The van der Waals surface area contributed by atoms with E-state index in [0.29, 0.717) is 49.4 Å². The van der Waals surface area contributed by atoms with Gasteiger partial charge >= 0.3 is 0 Å².